The monoisotopic (exact) mass is 336 g/mol. The highest BCUT2D eigenvalue weighted by Crippen LogP contribution is 2.08. The van der Waals surface area contributed by atoms with Crippen molar-refractivity contribution in [1.29, 1.82) is 0 Å². The molecule has 0 N–H and O–H groups in total. The normalized spacial score (nSPS) is 11.3. The maximum absolute atomic E-state index is 12.1. The molecule has 4 heterocycles. The smallest absolute Gasteiger partial charge is 0.313 e. The molecule has 0 unspecified atom stereocenters. The highest BCUT2D eigenvalue weighted by molar-refractivity contribution is 5.71. The Kier molecular flexibility index (Phi) is 3.64. The summed E-state index contributed by atoms with van der Waals surface area (Å²) in [4.78, 5) is 25.0. The second-order valence-corrected chi connectivity index (χ2v) is 5.81. The molecule has 8 nitrogen and oxygen atoms in total. The number of fused-ring (bicyclic) bond motifs is 2. The summed E-state index contributed by atoms with van der Waals surface area (Å²) in [6.07, 6.45) is 3.72. The van der Waals surface area contributed by atoms with E-state index in [1.807, 2.05) is 54.9 Å². The highest BCUT2D eigenvalue weighted by atomic mass is 16.5. The van der Waals surface area contributed by atoms with Crippen molar-refractivity contribution in [2.75, 3.05) is 0 Å². The Bertz CT molecular complexity index is 1050. The third kappa shape index (κ3) is 3.06. The zero-order chi connectivity index (χ0) is 17.4. The lowest BCUT2D eigenvalue weighted by molar-refractivity contribution is -0.144. The van der Waals surface area contributed by atoms with Crippen LogP contribution < -0.4 is 0 Å². The fourth-order valence-corrected chi connectivity index (χ4v) is 2.67. The number of esters is 1. The molecule has 8 heteroatoms. The van der Waals surface area contributed by atoms with Crippen LogP contribution in [0.3, 0.4) is 0 Å². The molecule has 0 radical (unpaired) electrons. The lowest BCUT2D eigenvalue weighted by Gasteiger charge is -2.00. The topological polar surface area (TPSA) is 86.7 Å². The van der Waals surface area contributed by atoms with Gasteiger partial charge in [-0.3, -0.25) is 4.79 Å². The third-order valence-corrected chi connectivity index (χ3v) is 3.76. The van der Waals surface area contributed by atoms with Gasteiger partial charge in [-0.05, 0) is 32.0 Å². The fourth-order valence-electron chi connectivity index (χ4n) is 2.67. The lowest BCUT2D eigenvalue weighted by Crippen LogP contribution is -2.09. The van der Waals surface area contributed by atoms with Gasteiger partial charge in [-0.25, -0.2) is 14.5 Å². The van der Waals surface area contributed by atoms with E-state index in [2.05, 4.69) is 20.1 Å². The van der Waals surface area contributed by atoms with Gasteiger partial charge in [-0.15, -0.1) is 5.10 Å². The summed E-state index contributed by atoms with van der Waals surface area (Å²) in [7, 11) is 0. The zero-order valence-electron chi connectivity index (χ0n) is 13.9. The molecule has 4 aromatic rings. The molecule has 4 rings (SSSR count). The van der Waals surface area contributed by atoms with E-state index >= 15 is 0 Å². The molecule has 0 fully saturated rings. The first kappa shape index (κ1) is 15.3. The van der Waals surface area contributed by atoms with E-state index in [4.69, 9.17) is 4.74 Å². The number of aryl methyl sites for hydroxylation is 2. The Balaban J connectivity index is 1.44. The van der Waals surface area contributed by atoms with Crippen LogP contribution in [0, 0.1) is 13.8 Å². The molecule has 25 heavy (non-hydrogen) atoms. The number of hydrogen-bond donors (Lipinski definition) is 0. The molecule has 0 spiro atoms. The number of hydrogen-bond acceptors (Lipinski definition) is 6. The van der Waals surface area contributed by atoms with Crippen molar-refractivity contribution in [1.82, 2.24) is 29.0 Å². The fraction of sp³-hybridized carbons (Fsp3) is 0.235. The van der Waals surface area contributed by atoms with Crippen LogP contribution in [-0.4, -0.2) is 34.9 Å². The molecular weight excluding hydrogens is 320 g/mol. The molecule has 0 aliphatic carbocycles. The second kappa shape index (κ2) is 5.97. The van der Waals surface area contributed by atoms with Gasteiger partial charge in [0.05, 0.1) is 5.69 Å². The van der Waals surface area contributed by atoms with Crippen molar-refractivity contribution in [3.8, 4) is 0 Å². The number of aromatic nitrogens is 6. The molecule has 0 aliphatic rings. The van der Waals surface area contributed by atoms with Gasteiger partial charge in [-0.1, -0.05) is 6.07 Å². The molecule has 4 aromatic heterocycles. The quantitative estimate of drug-likeness (QED) is 0.527. The average molecular weight is 336 g/mol. The zero-order valence-corrected chi connectivity index (χ0v) is 13.9. The van der Waals surface area contributed by atoms with E-state index in [0.29, 0.717) is 17.3 Å². The first-order valence-corrected chi connectivity index (χ1v) is 7.86. The molecule has 0 aliphatic heterocycles. The minimum atomic E-state index is -0.401. The first-order chi connectivity index (χ1) is 12.1. The summed E-state index contributed by atoms with van der Waals surface area (Å²) in [6.45, 7) is 3.93. The Hall–Kier alpha value is -3.29. The van der Waals surface area contributed by atoms with Crippen LogP contribution in [0.5, 0.6) is 0 Å². The van der Waals surface area contributed by atoms with Gasteiger partial charge in [0.15, 0.2) is 5.82 Å². The molecule has 0 atom stereocenters. The van der Waals surface area contributed by atoms with Crippen LogP contribution in [-0.2, 0) is 22.6 Å². The maximum Gasteiger partial charge on any atom is 0.313 e. The van der Waals surface area contributed by atoms with Crippen molar-refractivity contribution >= 4 is 17.4 Å². The van der Waals surface area contributed by atoms with E-state index in [0.717, 1.165) is 17.0 Å². The summed E-state index contributed by atoms with van der Waals surface area (Å²) >= 11 is 0. The third-order valence-electron chi connectivity index (χ3n) is 3.76. The van der Waals surface area contributed by atoms with Gasteiger partial charge in [0.1, 0.15) is 18.7 Å². The van der Waals surface area contributed by atoms with Gasteiger partial charge < -0.3 is 9.14 Å². The minimum absolute atomic E-state index is 0.00474. The lowest BCUT2D eigenvalue weighted by atomic mass is 10.4. The van der Waals surface area contributed by atoms with E-state index in [-0.39, 0.29) is 13.0 Å². The van der Waals surface area contributed by atoms with Crippen molar-refractivity contribution in [2.24, 2.45) is 0 Å². The number of nitrogens with zero attached hydrogens (tertiary/aromatic N) is 6. The van der Waals surface area contributed by atoms with E-state index in [1.54, 1.807) is 4.52 Å². The molecule has 0 saturated carbocycles. The molecule has 0 bridgehead atoms. The van der Waals surface area contributed by atoms with E-state index < -0.39 is 5.97 Å². The average Bonchev–Trinajstić information content (AvgIpc) is 3.16. The van der Waals surface area contributed by atoms with Crippen LogP contribution in [0.15, 0.2) is 36.7 Å². The Labute approximate surface area is 143 Å². The Morgan fingerprint density at radius 2 is 2.08 bits per heavy atom. The predicted molar refractivity (Wildman–Crippen MR) is 88.9 cm³/mol. The summed E-state index contributed by atoms with van der Waals surface area (Å²) in [6, 6.07) is 7.62. The van der Waals surface area contributed by atoms with Gasteiger partial charge in [-0.2, -0.15) is 4.98 Å². The van der Waals surface area contributed by atoms with Gasteiger partial charge in [0.25, 0.3) is 5.78 Å². The first-order valence-electron chi connectivity index (χ1n) is 7.86. The number of carbonyl (C=O) groups is 1. The number of pyridine rings is 1. The molecular formula is C17H16N6O2. The number of carbonyl (C=O) groups excluding carboxylic acids is 1. The molecule has 0 aromatic carbocycles. The minimum Gasteiger partial charge on any atom is -0.459 e. The Morgan fingerprint density at radius 3 is 2.92 bits per heavy atom. The van der Waals surface area contributed by atoms with Gasteiger partial charge in [0.2, 0.25) is 0 Å². The summed E-state index contributed by atoms with van der Waals surface area (Å²) in [5, 5.41) is 4.31. The van der Waals surface area contributed by atoms with Crippen LogP contribution in [0.25, 0.3) is 11.4 Å². The molecule has 0 saturated heterocycles. The van der Waals surface area contributed by atoms with Gasteiger partial charge in [0, 0.05) is 23.8 Å². The number of imidazole rings is 1. The van der Waals surface area contributed by atoms with Crippen molar-refractivity contribution < 1.29 is 9.53 Å². The van der Waals surface area contributed by atoms with Crippen LogP contribution in [0.2, 0.25) is 0 Å². The van der Waals surface area contributed by atoms with E-state index in [1.165, 1.54) is 0 Å². The number of rotatable bonds is 4. The van der Waals surface area contributed by atoms with Crippen LogP contribution in [0.4, 0.5) is 0 Å². The summed E-state index contributed by atoms with van der Waals surface area (Å²) in [5.74, 6) is 0.476. The summed E-state index contributed by atoms with van der Waals surface area (Å²) < 4.78 is 8.79. The van der Waals surface area contributed by atoms with Crippen molar-refractivity contribution in [3.05, 3.63) is 59.6 Å². The number of ether oxygens (including phenoxy) is 1. The van der Waals surface area contributed by atoms with Gasteiger partial charge >= 0.3 is 5.97 Å². The standard InChI is InChI=1S/C17H16N6O2/c1-11-7-12(2)23-17(18-11)20-14(21-23)8-16(24)25-10-13-9-22-6-4-3-5-15(22)19-13/h3-7,9H,8,10H2,1-2H3. The second-order valence-electron chi connectivity index (χ2n) is 5.81. The van der Waals surface area contributed by atoms with Crippen LogP contribution in [0.1, 0.15) is 22.9 Å². The maximum atomic E-state index is 12.1. The molecule has 0 amide bonds. The summed E-state index contributed by atoms with van der Waals surface area (Å²) in [5.41, 5.74) is 3.28. The predicted octanol–water partition coefficient (Wildman–Crippen LogP) is 1.67. The highest BCUT2D eigenvalue weighted by Gasteiger charge is 2.13. The Morgan fingerprint density at radius 1 is 1.20 bits per heavy atom. The van der Waals surface area contributed by atoms with Crippen molar-refractivity contribution in [3.63, 3.8) is 0 Å². The van der Waals surface area contributed by atoms with Crippen molar-refractivity contribution in [2.45, 2.75) is 26.9 Å². The van der Waals surface area contributed by atoms with Crippen LogP contribution >= 0.6 is 0 Å². The largest absolute Gasteiger partial charge is 0.459 e. The molecule has 126 valence electrons. The van der Waals surface area contributed by atoms with E-state index in [9.17, 15) is 4.79 Å². The SMILES string of the molecule is Cc1cc(C)n2nc(CC(=O)OCc3cn4ccccc4n3)nc2n1.